The SMILES string of the molecule is O=C1NC(Nc2cccc(C(F)(F)F)c2)N(Cc2ccc(Cl)cc2)C(=O)N1CCO. The standard InChI is InChI=1S/C19H18ClF3N4O3/c20-14-6-4-12(5-7-14)11-27-16(25-17(29)26(8-9-28)18(27)30)24-15-3-1-2-13(10-15)19(21,22)23/h1-7,10,16,24,28H,8-9,11H2,(H,25,29). The third kappa shape index (κ3) is 4.95. The molecule has 7 nitrogen and oxygen atoms in total. The normalized spacial score (nSPS) is 17.2. The molecule has 0 aliphatic carbocycles. The molecule has 2 aromatic rings. The minimum absolute atomic E-state index is 0.0365. The van der Waals surface area contributed by atoms with Gasteiger partial charge in [0, 0.05) is 10.7 Å². The van der Waals surface area contributed by atoms with Crippen LogP contribution in [0.1, 0.15) is 11.1 Å². The zero-order valence-electron chi connectivity index (χ0n) is 15.5. The number of benzene rings is 2. The number of β-amino-alcohol motifs (C(OH)–C–C–N with tert-alkyl or cyclic N) is 1. The fourth-order valence-corrected chi connectivity index (χ4v) is 3.05. The number of nitrogens with zero attached hydrogens (tertiary/aromatic N) is 2. The van der Waals surface area contributed by atoms with Crippen molar-refractivity contribution < 1.29 is 27.9 Å². The van der Waals surface area contributed by atoms with Crippen LogP contribution in [0, 0.1) is 0 Å². The Balaban J connectivity index is 1.88. The highest BCUT2D eigenvalue weighted by molar-refractivity contribution is 6.30. The molecule has 1 heterocycles. The number of carbonyl (C=O) groups is 2. The molecule has 1 unspecified atom stereocenters. The lowest BCUT2D eigenvalue weighted by atomic mass is 10.2. The third-order valence-corrected chi connectivity index (χ3v) is 4.63. The number of amides is 4. The van der Waals surface area contributed by atoms with Crippen LogP contribution in [0.15, 0.2) is 48.5 Å². The number of hydrogen-bond acceptors (Lipinski definition) is 4. The molecule has 0 bridgehead atoms. The summed E-state index contributed by atoms with van der Waals surface area (Å²) in [4.78, 5) is 27.2. The molecule has 1 aliphatic heterocycles. The van der Waals surface area contributed by atoms with Gasteiger partial charge < -0.3 is 10.4 Å². The Morgan fingerprint density at radius 3 is 2.47 bits per heavy atom. The summed E-state index contributed by atoms with van der Waals surface area (Å²) >= 11 is 5.88. The van der Waals surface area contributed by atoms with Gasteiger partial charge >= 0.3 is 18.2 Å². The third-order valence-electron chi connectivity index (χ3n) is 4.38. The molecule has 0 aromatic heterocycles. The van der Waals surface area contributed by atoms with Crippen molar-refractivity contribution in [2.75, 3.05) is 18.5 Å². The van der Waals surface area contributed by atoms with Crippen LogP contribution in [0.5, 0.6) is 0 Å². The highest BCUT2D eigenvalue weighted by Crippen LogP contribution is 2.31. The molecule has 3 N–H and O–H groups in total. The zero-order valence-corrected chi connectivity index (χ0v) is 16.2. The Bertz CT molecular complexity index is 924. The van der Waals surface area contributed by atoms with Gasteiger partial charge in [-0.3, -0.25) is 10.2 Å². The Morgan fingerprint density at radius 1 is 1.13 bits per heavy atom. The number of carbonyl (C=O) groups excluding carboxylic acids is 2. The minimum atomic E-state index is -4.54. The van der Waals surface area contributed by atoms with Crippen LogP contribution < -0.4 is 10.6 Å². The van der Waals surface area contributed by atoms with Crippen LogP contribution in [0.3, 0.4) is 0 Å². The summed E-state index contributed by atoms with van der Waals surface area (Å²) in [6, 6.07) is 9.58. The van der Waals surface area contributed by atoms with E-state index in [9.17, 15) is 22.8 Å². The largest absolute Gasteiger partial charge is 0.416 e. The number of nitrogens with one attached hydrogen (secondary N) is 2. The zero-order chi connectivity index (χ0) is 21.9. The predicted molar refractivity (Wildman–Crippen MR) is 104 cm³/mol. The van der Waals surface area contributed by atoms with Crippen LogP contribution in [-0.4, -0.2) is 46.4 Å². The smallest absolute Gasteiger partial charge is 0.395 e. The Morgan fingerprint density at radius 2 is 1.83 bits per heavy atom. The summed E-state index contributed by atoms with van der Waals surface area (Å²) in [5.41, 5.74) is -0.115. The molecule has 4 amide bonds. The van der Waals surface area contributed by atoms with Crippen molar-refractivity contribution in [3.05, 3.63) is 64.7 Å². The van der Waals surface area contributed by atoms with Gasteiger partial charge in [0.25, 0.3) is 0 Å². The number of halogens is 4. The van der Waals surface area contributed by atoms with Gasteiger partial charge in [-0.15, -0.1) is 0 Å². The first-order chi connectivity index (χ1) is 14.2. The first kappa shape index (κ1) is 21.7. The molecule has 1 aliphatic rings. The lowest BCUT2D eigenvalue weighted by Crippen LogP contribution is -2.67. The summed E-state index contributed by atoms with van der Waals surface area (Å²) < 4.78 is 39.0. The van der Waals surface area contributed by atoms with E-state index in [1.165, 1.54) is 17.0 Å². The molecular weight excluding hydrogens is 425 g/mol. The van der Waals surface area contributed by atoms with Crippen LogP contribution in [0.2, 0.25) is 5.02 Å². The maximum absolute atomic E-state index is 13.0. The number of aliphatic hydroxyl groups is 1. The molecular formula is C19H18ClF3N4O3. The predicted octanol–water partition coefficient (Wildman–Crippen LogP) is 3.69. The number of anilines is 1. The molecule has 11 heteroatoms. The van der Waals surface area contributed by atoms with Crippen molar-refractivity contribution in [3.63, 3.8) is 0 Å². The van der Waals surface area contributed by atoms with E-state index in [0.717, 1.165) is 17.0 Å². The molecule has 1 atom stereocenters. The second-order valence-electron chi connectivity index (χ2n) is 6.49. The van der Waals surface area contributed by atoms with Gasteiger partial charge in [0.1, 0.15) is 0 Å². The fraction of sp³-hybridized carbons (Fsp3) is 0.263. The first-order valence-electron chi connectivity index (χ1n) is 8.87. The van der Waals surface area contributed by atoms with Gasteiger partial charge in [-0.2, -0.15) is 13.2 Å². The molecule has 3 rings (SSSR count). The molecule has 160 valence electrons. The quantitative estimate of drug-likeness (QED) is 0.637. The van der Waals surface area contributed by atoms with E-state index < -0.39 is 36.7 Å². The number of imide groups is 1. The van der Waals surface area contributed by atoms with Gasteiger partial charge in [0.15, 0.2) is 6.29 Å². The monoisotopic (exact) mass is 442 g/mol. The second kappa shape index (κ2) is 8.80. The molecule has 2 aromatic carbocycles. The highest BCUT2D eigenvalue weighted by Gasteiger charge is 2.38. The minimum Gasteiger partial charge on any atom is -0.395 e. The van der Waals surface area contributed by atoms with Crippen molar-refractivity contribution in [1.82, 2.24) is 15.1 Å². The highest BCUT2D eigenvalue weighted by atomic mass is 35.5. The van der Waals surface area contributed by atoms with Gasteiger partial charge in [-0.05, 0) is 35.9 Å². The van der Waals surface area contributed by atoms with E-state index in [0.29, 0.717) is 10.6 Å². The molecule has 1 saturated heterocycles. The maximum Gasteiger partial charge on any atom is 0.416 e. The summed E-state index contributed by atoms with van der Waals surface area (Å²) in [7, 11) is 0. The van der Waals surface area contributed by atoms with Gasteiger partial charge in [-0.1, -0.05) is 29.8 Å². The van der Waals surface area contributed by atoms with Crippen LogP contribution in [0.4, 0.5) is 28.4 Å². The van der Waals surface area contributed by atoms with E-state index in [2.05, 4.69) is 10.6 Å². The van der Waals surface area contributed by atoms with Crippen LogP contribution in [0.25, 0.3) is 0 Å². The van der Waals surface area contributed by atoms with Crippen LogP contribution >= 0.6 is 11.6 Å². The average Bonchev–Trinajstić information content (AvgIpc) is 2.69. The number of alkyl halides is 3. The summed E-state index contributed by atoms with van der Waals surface area (Å²) in [6.07, 6.45) is -5.65. The summed E-state index contributed by atoms with van der Waals surface area (Å²) in [5, 5.41) is 14.9. The maximum atomic E-state index is 13.0. The average molecular weight is 443 g/mol. The van der Waals surface area contributed by atoms with Crippen molar-refractivity contribution in [2.45, 2.75) is 19.0 Å². The number of urea groups is 2. The Hall–Kier alpha value is -2.98. The summed E-state index contributed by atoms with van der Waals surface area (Å²) in [6.45, 7) is -0.618. The van der Waals surface area contributed by atoms with E-state index >= 15 is 0 Å². The van der Waals surface area contributed by atoms with Gasteiger partial charge in [-0.25, -0.2) is 14.5 Å². The Kier molecular flexibility index (Phi) is 6.37. The Labute approximate surface area is 175 Å². The van der Waals surface area contributed by atoms with Gasteiger partial charge in [0.05, 0.1) is 25.3 Å². The fourth-order valence-electron chi connectivity index (χ4n) is 2.92. The van der Waals surface area contributed by atoms with Gasteiger partial charge in [0.2, 0.25) is 0 Å². The van der Waals surface area contributed by atoms with E-state index in [-0.39, 0.29) is 18.8 Å². The molecule has 0 saturated carbocycles. The van der Waals surface area contributed by atoms with E-state index in [1.807, 2.05) is 0 Å². The van der Waals surface area contributed by atoms with Crippen molar-refractivity contribution in [1.29, 1.82) is 0 Å². The number of aliphatic hydroxyl groups excluding tert-OH is 1. The van der Waals surface area contributed by atoms with Crippen molar-refractivity contribution in [2.24, 2.45) is 0 Å². The van der Waals surface area contributed by atoms with E-state index in [4.69, 9.17) is 16.7 Å². The topological polar surface area (TPSA) is 84.9 Å². The molecule has 30 heavy (non-hydrogen) atoms. The second-order valence-corrected chi connectivity index (χ2v) is 6.92. The van der Waals surface area contributed by atoms with Crippen molar-refractivity contribution >= 4 is 29.4 Å². The number of hydrogen-bond donors (Lipinski definition) is 3. The molecule has 0 radical (unpaired) electrons. The lowest BCUT2D eigenvalue weighted by molar-refractivity contribution is -0.137. The molecule has 1 fully saturated rings. The number of rotatable bonds is 6. The molecule has 0 spiro atoms. The first-order valence-corrected chi connectivity index (χ1v) is 9.24. The summed E-state index contributed by atoms with van der Waals surface area (Å²) in [5.74, 6) is 0. The van der Waals surface area contributed by atoms with E-state index in [1.54, 1.807) is 24.3 Å². The lowest BCUT2D eigenvalue weighted by Gasteiger charge is -2.41. The van der Waals surface area contributed by atoms with Crippen LogP contribution in [-0.2, 0) is 12.7 Å². The van der Waals surface area contributed by atoms with Crippen molar-refractivity contribution in [3.8, 4) is 0 Å².